The van der Waals surface area contributed by atoms with Gasteiger partial charge in [0.2, 0.25) is 11.5 Å². The van der Waals surface area contributed by atoms with Gasteiger partial charge in [-0.3, -0.25) is 10.1 Å². The van der Waals surface area contributed by atoms with Crippen molar-refractivity contribution in [1.29, 1.82) is 0 Å². The van der Waals surface area contributed by atoms with Gasteiger partial charge in [-0.2, -0.15) is 0 Å². The van der Waals surface area contributed by atoms with E-state index in [0.29, 0.717) is 10.8 Å². The van der Waals surface area contributed by atoms with Crippen LogP contribution in [0.15, 0.2) is 36.4 Å². The number of benzene rings is 2. The lowest BCUT2D eigenvalue weighted by molar-refractivity contribution is -0.386. The summed E-state index contributed by atoms with van der Waals surface area (Å²) in [4.78, 5) is 13.2. The van der Waals surface area contributed by atoms with Gasteiger partial charge in [0.05, 0.1) is 10.3 Å². The molecule has 6 heteroatoms. The number of nitro groups is 1. The number of halogens is 1. The van der Waals surface area contributed by atoms with Gasteiger partial charge in [-0.05, 0) is 68.3 Å². The zero-order valence-corrected chi connectivity index (χ0v) is 15.8. The van der Waals surface area contributed by atoms with Crippen molar-refractivity contribution in [3.8, 4) is 5.75 Å². The summed E-state index contributed by atoms with van der Waals surface area (Å²) in [5, 5.41) is 12.3. The number of ether oxygens (including phenoxy) is 1. The summed E-state index contributed by atoms with van der Waals surface area (Å²) in [5.74, 6) is 0.307. The molecule has 0 saturated carbocycles. The van der Waals surface area contributed by atoms with Gasteiger partial charge in [-0.15, -0.1) is 0 Å². The second-order valence-corrected chi connectivity index (χ2v) is 7.87. The number of aryl methyl sites for hydroxylation is 1. The van der Waals surface area contributed by atoms with Gasteiger partial charge < -0.3 is 9.64 Å². The highest BCUT2D eigenvalue weighted by atomic mass is 35.5. The Balaban J connectivity index is 1.93. The maximum absolute atomic E-state index is 11.6. The third-order valence-electron chi connectivity index (χ3n) is 5.57. The van der Waals surface area contributed by atoms with Crippen molar-refractivity contribution in [2.75, 3.05) is 11.9 Å². The van der Waals surface area contributed by atoms with Gasteiger partial charge in [0.25, 0.3) is 0 Å². The Hall–Kier alpha value is -2.53. The van der Waals surface area contributed by atoms with E-state index in [1.54, 1.807) is 6.07 Å². The largest absolute Gasteiger partial charge is 0.456 e. The van der Waals surface area contributed by atoms with Crippen LogP contribution in [-0.2, 0) is 5.41 Å². The average molecular weight is 371 g/mol. The van der Waals surface area contributed by atoms with Gasteiger partial charge in [-0.1, -0.05) is 11.6 Å². The van der Waals surface area contributed by atoms with E-state index in [1.807, 2.05) is 55.3 Å². The Morgan fingerprint density at radius 2 is 1.96 bits per heavy atom. The zero-order valence-electron chi connectivity index (χ0n) is 15.0. The maximum atomic E-state index is 11.6. The Morgan fingerprint density at radius 1 is 1.23 bits per heavy atom. The molecule has 0 radical (unpaired) electrons. The SMILES string of the molecule is Cc1cc2c(c([N+](=O)[O-])c1)OC1(C=C2)N(C)c2ccc(Cl)cc2C1(C)C. The summed E-state index contributed by atoms with van der Waals surface area (Å²) in [6, 6.07) is 9.20. The molecule has 2 aliphatic heterocycles. The van der Waals surface area contributed by atoms with Gasteiger partial charge in [0, 0.05) is 29.4 Å². The minimum absolute atomic E-state index is 0.0121. The normalized spacial score (nSPS) is 22.1. The van der Waals surface area contributed by atoms with Crippen LogP contribution in [0.1, 0.15) is 30.5 Å². The van der Waals surface area contributed by atoms with Gasteiger partial charge >= 0.3 is 5.69 Å². The molecule has 0 aliphatic carbocycles. The van der Waals surface area contributed by atoms with E-state index in [-0.39, 0.29) is 10.6 Å². The average Bonchev–Trinajstić information content (AvgIpc) is 2.73. The molecule has 1 spiro atoms. The van der Waals surface area contributed by atoms with Crippen LogP contribution in [0.3, 0.4) is 0 Å². The summed E-state index contributed by atoms with van der Waals surface area (Å²) in [6.07, 6.45) is 3.91. The molecule has 134 valence electrons. The van der Waals surface area contributed by atoms with Gasteiger partial charge in [-0.25, -0.2) is 0 Å². The van der Waals surface area contributed by atoms with Gasteiger partial charge in [0.1, 0.15) is 0 Å². The van der Waals surface area contributed by atoms with Crippen LogP contribution in [-0.4, -0.2) is 17.7 Å². The zero-order chi connectivity index (χ0) is 18.9. The fourth-order valence-corrected chi connectivity index (χ4v) is 4.33. The van der Waals surface area contributed by atoms with Crippen LogP contribution >= 0.6 is 11.6 Å². The molecule has 0 saturated heterocycles. The minimum atomic E-state index is -0.868. The number of anilines is 1. The highest BCUT2D eigenvalue weighted by Crippen LogP contribution is 2.55. The monoisotopic (exact) mass is 370 g/mol. The summed E-state index contributed by atoms with van der Waals surface area (Å²) in [5.41, 5.74) is 2.26. The van der Waals surface area contributed by atoms with Crippen molar-refractivity contribution in [2.24, 2.45) is 0 Å². The van der Waals surface area contributed by atoms with E-state index < -0.39 is 11.1 Å². The summed E-state index contributed by atoms with van der Waals surface area (Å²) in [7, 11) is 1.94. The molecule has 2 aromatic carbocycles. The van der Waals surface area contributed by atoms with Crippen molar-refractivity contribution in [3.05, 3.63) is 68.2 Å². The van der Waals surface area contributed by atoms with Crippen molar-refractivity contribution in [3.63, 3.8) is 0 Å². The molecule has 0 amide bonds. The van der Waals surface area contributed by atoms with Crippen LogP contribution in [0.2, 0.25) is 5.02 Å². The molecule has 0 aromatic heterocycles. The van der Waals surface area contributed by atoms with Crippen LogP contribution in [0.5, 0.6) is 5.75 Å². The number of rotatable bonds is 1. The first-order valence-electron chi connectivity index (χ1n) is 8.38. The number of hydrogen-bond acceptors (Lipinski definition) is 4. The summed E-state index contributed by atoms with van der Waals surface area (Å²) in [6.45, 7) is 5.98. The Kier molecular flexibility index (Phi) is 3.41. The molecule has 1 atom stereocenters. The lowest BCUT2D eigenvalue weighted by Crippen LogP contribution is -2.58. The van der Waals surface area contributed by atoms with Gasteiger partial charge in [0.15, 0.2) is 0 Å². The molecular weight excluding hydrogens is 352 g/mol. The third-order valence-corrected chi connectivity index (χ3v) is 5.81. The molecule has 0 bridgehead atoms. The van der Waals surface area contributed by atoms with E-state index in [0.717, 1.165) is 22.4 Å². The smallest absolute Gasteiger partial charge is 0.311 e. The highest BCUT2D eigenvalue weighted by molar-refractivity contribution is 6.30. The predicted octanol–water partition coefficient (Wildman–Crippen LogP) is 5.09. The fourth-order valence-electron chi connectivity index (χ4n) is 4.15. The molecule has 0 N–H and O–H groups in total. The summed E-state index contributed by atoms with van der Waals surface area (Å²) < 4.78 is 6.43. The first-order valence-corrected chi connectivity index (χ1v) is 8.76. The first kappa shape index (κ1) is 16.9. The van der Waals surface area contributed by atoms with Crippen LogP contribution in [0, 0.1) is 17.0 Å². The van der Waals surface area contributed by atoms with Crippen LogP contribution in [0.25, 0.3) is 6.08 Å². The predicted molar refractivity (Wildman–Crippen MR) is 103 cm³/mol. The lowest BCUT2D eigenvalue weighted by Gasteiger charge is -2.45. The maximum Gasteiger partial charge on any atom is 0.311 e. The Labute approximate surface area is 157 Å². The topological polar surface area (TPSA) is 55.6 Å². The molecule has 2 aromatic rings. The quantitative estimate of drug-likeness (QED) is 0.518. The number of fused-ring (bicyclic) bond motifs is 2. The fraction of sp³-hybridized carbons (Fsp3) is 0.300. The first-order chi connectivity index (χ1) is 12.2. The molecule has 2 aliphatic rings. The molecule has 1 unspecified atom stereocenters. The standard InChI is InChI=1S/C20H19ClN2O3/c1-12-9-13-7-8-20(26-18(13)17(10-12)23(24)25)19(2,3)15-11-14(21)5-6-16(15)22(20)4/h5-11H,1-4H3. The van der Waals surface area contributed by atoms with Crippen molar-refractivity contribution >= 4 is 29.1 Å². The van der Waals surface area contributed by atoms with Crippen molar-refractivity contribution in [1.82, 2.24) is 0 Å². The number of nitrogens with zero attached hydrogens (tertiary/aromatic N) is 2. The highest BCUT2D eigenvalue weighted by Gasteiger charge is 2.58. The second-order valence-electron chi connectivity index (χ2n) is 7.44. The van der Waals surface area contributed by atoms with E-state index in [9.17, 15) is 10.1 Å². The number of hydrogen-bond donors (Lipinski definition) is 0. The third kappa shape index (κ3) is 2.04. The van der Waals surface area contributed by atoms with Crippen molar-refractivity contribution in [2.45, 2.75) is 31.9 Å². The van der Waals surface area contributed by atoms with E-state index in [4.69, 9.17) is 16.3 Å². The lowest BCUT2D eigenvalue weighted by atomic mass is 9.76. The van der Waals surface area contributed by atoms with E-state index in [2.05, 4.69) is 13.8 Å². The molecule has 5 nitrogen and oxygen atoms in total. The Morgan fingerprint density at radius 3 is 2.65 bits per heavy atom. The molecule has 2 heterocycles. The van der Waals surface area contributed by atoms with E-state index in [1.165, 1.54) is 0 Å². The molecule has 26 heavy (non-hydrogen) atoms. The number of nitro benzene ring substituents is 1. The summed E-state index contributed by atoms with van der Waals surface area (Å²) >= 11 is 6.22. The minimum Gasteiger partial charge on any atom is -0.456 e. The second kappa shape index (κ2) is 5.24. The van der Waals surface area contributed by atoms with E-state index >= 15 is 0 Å². The molecule has 0 fully saturated rings. The molecular formula is C20H19ClN2O3. The molecule has 4 rings (SSSR count). The van der Waals surface area contributed by atoms with Crippen LogP contribution < -0.4 is 9.64 Å². The Bertz CT molecular complexity index is 983. The number of likely N-dealkylation sites (N-methyl/N-ethyl adjacent to an activating group) is 1. The van der Waals surface area contributed by atoms with Crippen LogP contribution in [0.4, 0.5) is 11.4 Å². The van der Waals surface area contributed by atoms with Crippen molar-refractivity contribution < 1.29 is 9.66 Å².